The van der Waals surface area contributed by atoms with Crippen LogP contribution < -0.4 is 9.80 Å². The lowest BCUT2D eigenvalue weighted by Crippen LogP contribution is -2.42. The number of hydrazone groups is 1. The summed E-state index contributed by atoms with van der Waals surface area (Å²) in [5.74, 6) is -1.09. The number of anilines is 2. The number of aliphatic hydroxyl groups excluding tert-OH is 2. The van der Waals surface area contributed by atoms with E-state index >= 15 is 0 Å². The molecule has 2 amide bonds. The van der Waals surface area contributed by atoms with E-state index in [0.29, 0.717) is 12.2 Å². The lowest BCUT2D eigenvalue weighted by atomic mass is 10.2. The molecule has 2 N–H and O–H groups in total. The molecule has 2 aliphatic heterocycles. The number of carbonyl (C=O) groups excluding carboxylic acids is 2. The van der Waals surface area contributed by atoms with Gasteiger partial charge in [-0.1, -0.05) is 0 Å². The van der Waals surface area contributed by atoms with Crippen molar-refractivity contribution in [3.05, 3.63) is 24.0 Å². The van der Waals surface area contributed by atoms with E-state index in [2.05, 4.69) is 5.10 Å². The third kappa shape index (κ3) is 3.39. The molecule has 1 fully saturated rings. The van der Waals surface area contributed by atoms with Crippen LogP contribution in [0.2, 0.25) is 0 Å². The minimum absolute atomic E-state index is 0.150. The van der Waals surface area contributed by atoms with E-state index in [1.165, 1.54) is 28.3 Å². The normalized spacial score (nSPS) is 20.2. The van der Waals surface area contributed by atoms with Gasteiger partial charge in [0.05, 0.1) is 31.1 Å². The van der Waals surface area contributed by atoms with Gasteiger partial charge in [0.2, 0.25) is 0 Å². The minimum Gasteiger partial charge on any atom is -0.441 e. The highest BCUT2D eigenvalue weighted by Gasteiger charge is 2.32. The van der Waals surface area contributed by atoms with Gasteiger partial charge >= 0.3 is 6.09 Å². The molecule has 0 aromatic heterocycles. The standard InChI is InChI=1S/C15H17FN4O5/c16-12-5-10(19-6-11(7-21)25-15(19)24)1-2-13(12)18-3-4-20(17-9-18)14(23)8-22/h1-2,5,9,11,21-22H,3-4,6-8H2/t11-/m1/s1. The van der Waals surface area contributed by atoms with Gasteiger partial charge in [0, 0.05) is 6.54 Å². The number of rotatable bonds is 4. The number of ether oxygens (including phenoxy) is 1. The van der Waals surface area contributed by atoms with Gasteiger partial charge in [-0.2, -0.15) is 5.10 Å². The van der Waals surface area contributed by atoms with Crippen LogP contribution in [0.3, 0.4) is 0 Å². The molecule has 134 valence electrons. The van der Waals surface area contributed by atoms with E-state index in [4.69, 9.17) is 14.9 Å². The van der Waals surface area contributed by atoms with Crippen LogP contribution in [0.1, 0.15) is 0 Å². The highest BCUT2D eigenvalue weighted by molar-refractivity contribution is 5.90. The monoisotopic (exact) mass is 352 g/mol. The molecule has 1 atom stereocenters. The van der Waals surface area contributed by atoms with Crippen molar-refractivity contribution in [2.75, 3.05) is 42.6 Å². The maximum Gasteiger partial charge on any atom is 0.414 e. The molecule has 0 radical (unpaired) electrons. The van der Waals surface area contributed by atoms with E-state index in [-0.39, 0.29) is 25.4 Å². The predicted molar refractivity (Wildman–Crippen MR) is 85.7 cm³/mol. The van der Waals surface area contributed by atoms with E-state index in [1.54, 1.807) is 6.07 Å². The molecule has 10 heteroatoms. The van der Waals surface area contributed by atoms with E-state index in [0.717, 1.165) is 5.01 Å². The molecule has 1 aromatic carbocycles. The first kappa shape index (κ1) is 17.1. The molecule has 0 saturated carbocycles. The van der Waals surface area contributed by atoms with Gasteiger partial charge in [-0.05, 0) is 18.2 Å². The summed E-state index contributed by atoms with van der Waals surface area (Å²) >= 11 is 0. The van der Waals surface area contributed by atoms with Crippen molar-refractivity contribution in [2.24, 2.45) is 5.10 Å². The second-order valence-electron chi connectivity index (χ2n) is 5.53. The Bertz CT molecular complexity index is 713. The number of amides is 2. The molecule has 0 unspecified atom stereocenters. The molecule has 25 heavy (non-hydrogen) atoms. The number of hydrogen-bond acceptors (Lipinski definition) is 7. The first-order valence-corrected chi connectivity index (χ1v) is 7.64. The number of halogens is 1. The van der Waals surface area contributed by atoms with Crippen molar-refractivity contribution in [2.45, 2.75) is 6.10 Å². The fourth-order valence-electron chi connectivity index (χ4n) is 2.62. The lowest BCUT2D eigenvalue weighted by Gasteiger charge is -2.28. The van der Waals surface area contributed by atoms with Crippen molar-refractivity contribution < 1.29 is 28.9 Å². The Morgan fingerprint density at radius 1 is 1.36 bits per heavy atom. The Hall–Kier alpha value is -2.72. The summed E-state index contributed by atoms with van der Waals surface area (Å²) in [5, 5.41) is 22.8. The summed E-state index contributed by atoms with van der Waals surface area (Å²) in [7, 11) is 0. The van der Waals surface area contributed by atoms with Gasteiger partial charge in [0.15, 0.2) is 0 Å². The van der Waals surface area contributed by atoms with Crippen LogP contribution in [-0.4, -0.2) is 72.5 Å². The summed E-state index contributed by atoms with van der Waals surface area (Å²) in [4.78, 5) is 25.9. The molecule has 1 aromatic rings. The van der Waals surface area contributed by atoms with E-state index in [1.807, 2.05) is 0 Å². The second kappa shape index (κ2) is 7.03. The van der Waals surface area contributed by atoms with E-state index in [9.17, 15) is 14.0 Å². The quantitative estimate of drug-likeness (QED) is 0.773. The summed E-state index contributed by atoms with van der Waals surface area (Å²) < 4.78 is 19.4. The molecular weight excluding hydrogens is 335 g/mol. The number of cyclic esters (lactones) is 1. The number of carbonyl (C=O) groups is 2. The predicted octanol–water partition coefficient (Wildman–Crippen LogP) is -0.273. The summed E-state index contributed by atoms with van der Waals surface area (Å²) in [6, 6.07) is 4.27. The molecule has 2 heterocycles. The zero-order valence-corrected chi connectivity index (χ0v) is 13.2. The molecule has 2 aliphatic rings. The molecule has 3 rings (SSSR count). The molecule has 0 spiro atoms. The number of nitrogens with zero attached hydrogens (tertiary/aromatic N) is 4. The lowest BCUT2D eigenvalue weighted by molar-refractivity contribution is -0.134. The topological polar surface area (TPSA) is 106 Å². The van der Waals surface area contributed by atoms with Crippen LogP contribution in [0.4, 0.5) is 20.6 Å². The third-order valence-electron chi connectivity index (χ3n) is 3.94. The van der Waals surface area contributed by atoms with E-state index < -0.39 is 30.5 Å². The SMILES string of the molecule is O=C(CO)N1CCN(c2ccc(N3C[C@H](CO)OC3=O)cc2F)C=N1. The Morgan fingerprint density at radius 2 is 2.16 bits per heavy atom. The highest BCUT2D eigenvalue weighted by Crippen LogP contribution is 2.28. The van der Waals surface area contributed by atoms with Gasteiger partial charge in [0.1, 0.15) is 24.9 Å². The summed E-state index contributed by atoms with van der Waals surface area (Å²) in [6.45, 7) is -0.258. The maximum absolute atomic E-state index is 14.5. The van der Waals surface area contributed by atoms with Crippen LogP contribution in [0, 0.1) is 5.82 Å². The Morgan fingerprint density at radius 3 is 2.72 bits per heavy atom. The molecule has 0 bridgehead atoms. The van der Waals surface area contributed by atoms with Gasteiger partial charge in [-0.25, -0.2) is 14.2 Å². The fraction of sp³-hybridized carbons (Fsp3) is 0.400. The highest BCUT2D eigenvalue weighted by atomic mass is 19.1. The Labute approximate surface area is 142 Å². The third-order valence-corrected chi connectivity index (χ3v) is 3.94. The van der Waals surface area contributed by atoms with Crippen molar-refractivity contribution in [1.82, 2.24) is 5.01 Å². The van der Waals surface area contributed by atoms with Gasteiger partial charge in [-0.15, -0.1) is 0 Å². The summed E-state index contributed by atoms with van der Waals surface area (Å²) in [6.07, 6.45) is 0.0459. The first-order chi connectivity index (χ1) is 12.0. The maximum atomic E-state index is 14.5. The second-order valence-corrected chi connectivity index (χ2v) is 5.53. The molecule has 0 aliphatic carbocycles. The molecular formula is C15H17FN4O5. The molecule has 9 nitrogen and oxygen atoms in total. The van der Waals surface area contributed by atoms with Gasteiger partial charge in [-0.3, -0.25) is 9.69 Å². The van der Waals surface area contributed by atoms with Crippen LogP contribution in [0.15, 0.2) is 23.3 Å². The Balaban J connectivity index is 1.75. The number of hydrogen-bond donors (Lipinski definition) is 2. The van der Waals surface area contributed by atoms with Crippen LogP contribution >= 0.6 is 0 Å². The van der Waals surface area contributed by atoms with Gasteiger partial charge < -0.3 is 19.8 Å². The van der Waals surface area contributed by atoms with Crippen molar-refractivity contribution in [1.29, 1.82) is 0 Å². The number of benzene rings is 1. The van der Waals surface area contributed by atoms with Crippen LogP contribution in [0.25, 0.3) is 0 Å². The van der Waals surface area contributed by atoms with Crippen LogP contribution in [0.5, 0.6) is 0 Å². The smallest absolute Gasteiger partial charge is 0.414 e. The van der Waals surface area contributed by atoms with Crippen molar-refractivity contribution in [3.8, 4) is 0 Å². The van der Waals surface area contributed by atoms with Crippen molar-refractivity contribution in [3.63, 3.8) is 0 Å². The Kier molecular flexibility index (Phi) is 4.81. The minimum atomic E-state index is -0.638. The summed E-state index contributed by atoms with van der Waals surface area (Å²) in [5.41, 5.74) is 0.572. The van der Waals surface area contributed by atoms with Crippen LogP contribution in [-0.2, 0) is 9.53 Å². The fourth-order valence-corrected chi connectivity index (χ4v) is 2.62. The largest absolute Gasteiger partial charge is 0.441 e. The van der Waals surface area contributed by atoms with Crippen molar-refractivity contribution >= 4 is 29.7 Å². The first-order valence-electron chi connectivity index (χ1n) is 7.64. The average Bonchev–Trinajstić information content (AvgIpc) is 3.02. The van der Waals surface area contributed by atoms with Gasteiger partial charge in [0.25, 0.3) is 5.91 Å². The average molecular weight is 352 g/mol. The number of aliphatic hydroxyl groups is 2. The molecule has 1 saturated heterocycles. The zero-order chi connectivity index (χ0) is 18.0. The zero-order valence-electron chi connectivity index (χ0n) is 13.2.